The van der Waals surface area contributed by atoms with Gasteiger partial charge in [0.1, 0.15) is 23.1 Å². The molecule has 0 saturated carbocycles. The van der Waals surface area contributed by atoms with Gasteiger partial charge in [0.15, 0.2) is 21.2 Å². The van der Waals surface area contributed by atoms with Crippen LogP contribution in [0.1, 0.15) is 20.8 Å². The van der Waals surface area contributed by atoms with Crippen LogP contribution >= 0.6 is 0 Å². The van der Waals surface area contributed by atoms with Crippen LogP contribution in [0.15, 0.2) is 35.2 Å². The molecule has 3 saturated heterocycles. The van der Waals surface area contributed by atoms with Crippen LogP contribution in [-0.2, 0) is 24.0 Å². The fourth-order valence-electron chi connectivity index (χ4n) is 4.32. The van der Waals surface area contributed by atoms with Gasteiger partial charge in [-0.2, -0.15) is 0 Å². The second-order valence-electron chi connectivity index (χ2n) is 7.65. The van der Waals surface area contributed by atoms with E-state index in [1.54, 1.807) is 6.07 Å². The van der Waals surface area contributed by atoms with Gasteiger partial charge in [-0.05, 0) is 32.9 Å². The van der Waals surface area contributed by atoms with Crippen LogP contribution < -0.4 is 0 Å². The predicted molar refractivity (Wildman–Crippen MR) is 85.5 cm³/mol. The van der Waals surface area contributed by atoms with Gasteiger partial charge >= 0.3 is 5.92 Å². The first-order valence-electron chi connectivity index (χ1n) is 8.26. The number of aliphatic hydroxyl groups is 1. The van der Waals surface area contributed by atoms with E-state index in [4.69, 9.17) is 14.2 Å². The van der Waals surface area contributed by atoms with Gasteiger partial charge in [0.2, 0.25) is 0 Å². The van der Waals surface area contributed by atoms with E-state index in [1.807, 2.05) is 0 Å². The molecular weight excluding hydrogens is 370 g/mol. The zero-order chi connectivity index (χ0) is 19.2. The first-order valence-corrected chi connectivity index (χ1v) is 9.80. The van der Waals surface area contributed by atoms with Crippen molar-refractivity contribution in [3.63, 3.8) is 0 Å². The zero-order valence-electron chi connectivity index (χ0n) is 14.5. The van der Waals surface area contributed by atoms with E-state index in [2.05, 4.69) is 0 Å². The summed E-state index contributed by atoms with van der Waals surface area (Å²) in [6.07, 6.45) is -3.74. The van der Waals surface area contributed by atoms with Gasteiger partial charge < -0.3 is 19.3 Å². The smallest absolute Gasteiger partial charge is 0.308 e. The predicted octanol–water partition coefficient (Wildman–Crippen LogP) is 1.52. The molecule has 3 heterocycles. The Hall–Kier alpha value is -1.13. The average Bonchev–Trinajstić information content (AvgIpc) is 3.10. The number of benzene rings is 1. The molecule has 26 heavy (non-hydrogen) atoms. The lowest BCUT2D eigenvalue weighted by Gasteiger charge is -2.46. The van der Waals surface area contributed by atoms with Crippen LogP contribution in [-0.4, -0.2) is 60.5 Å². The quantitative estimate of drug-likeness (QED) is 0.825. The lowest BCUT2D eigenvalue weighted by Crippen LogP contribution is -2.72. The standard InChI is InChI=1S/C17H20F2O6S/c1-14(2)23-9-16(25-14)15(3)12(20)11(13(24-15)17(16,18)19)26(21,22)10-7-5-4-6-8-10/h4-8,11-13,20H,9H2,1-3H3/t11-,12-,13-,15+,16+/m1/s1. The average molecular weight is 390 g/mol. The van der Waals surface area contributed by atoms with Gasteiger partial charge in [-0.3, -0.25) is 0 Å². The molecule has 0 amide bonds. The first-order chi connectivity index (χ1) is 11.9. The highest BCUT2D eigenvalue weighted by Crippen LogP contribution is 2.64. The van der Waals surface area contributed by atoms with Crippen molar-refractivity contribution in [3.8, 4) is 0 Å². The molecule has 1 N–H and O–H groups in total. The van der Waals surface area contributed by atoms with Gasteiger partial charge in [0.25, 0.3) is 0 Å². The van der Waals surface area contributed by atoms with E-state index in [-0.39, 0.29) is 4.90 Å². The maximum absolute atomic E-state index is 15.4. The van der Waals surface area contributed by atoms with E-state index in [0.717, 1.165) is 0 Å². The van der Waals surface area contributed by atoms with Crippen LogP contribution in [0.25, 0.3) is 0 Å². The summed E-state index contributed by atoms with van der Waals surface area (Å²) in [6, 6.07) is 7.21. The Morgan fingerprint density at radius 2 is 1.77 bits per heavy atom. The summed E-state index contributed by atoms with van der Waals surface area (Å²) in [5, 5.41) is 8.99. The molecule has 144 valence electrons. The van der Waals surface area contributed by atoms with E-state index in [9.17, 15) is 13.5 Å². The maximum atomic E-state index is 15.4. The molecule has 0 aliphatic carbocycles. The Balaban J connectivity index is 1.82. The van der Waals surface area contributed by atoms with Crippen molar-refractivity contribution in [2.24, 2.45) is 0 Å². The summed E-state index contributed by atoms with van der Waals surface area (Å²) >= 11 is 0. The fraction of sp³-hybridized carbons (Fsp3) is 0.647. The Morgan fingerprint density at radius 3 is 2.31 bits per heavy atom. The summed E-state index contributed by atoms with van der Waals surface area (Å²) in [5.74, 6) is -4.96. The van der Waals surface area contributed by atoms with Crippen molar-refractivity contribution in [2.75, 3.05) is 6.61 Å². The van der Waals surface area contributed by atoms with Crippen LogP contribution in [0.3, 0.4) is 0 Å². The van der Waals surface area contributed by atoms with Gasteiger partial charge in [-0.1, -0.05) is 18.2 Å². The van der Waals surface area contributed by atoms with Crippen LogP contribution in [0.5, 0.6) is 0 Å². The Labute approximate surface area is 150 Å². The number of halogens is 2. The van der Waals surface area contributed by atoms with Gasteiger partial charge in [-0.25, -0.2) is 17.2 Å². The summed E-state index contributed by atoms with van der Waals surface area (Å²) in [5.41, 5.74) is -4.18. The van der Waals surface area contributed by atoms with E-state index < -0.39 is 56.8 Å². The Kier molecular flexibility index (Phi) is 3.52. The lowest BCUT2D eigenvalue weighted by molar-refractivity contribution is -0.259. The van der Waals surface area contributed by atoms with Gasteiger partial charge in [0, 0.05) is 0 Å². The molecule has 9 heteroatoms. The van der Waals surface area contributed by atoms with Gasteiger partial charge in [-0.15, -0.1) is 0 Å². The number of sulfone groups is 1. The molecule has 3 aliphatic rings. The van der Waals surface area contributed by atoms with E-state index in [0.29, 0.717) is 0 Å². The topological polar surface area (TPSA) is 82.1 Å². The molecule has 1 aromatic carbocycles. The van der Waals surface area contributed by atoms with Crippen molar-refractivity contribution in [2.45, 2.75) is 66.0 Å². The molecule has 1 aromatic rings. The molecule has 3 fully saturated rings. The molecule has 6 nitrogen and oxygen atoms in total. The summed E-state index contributed by atoms with van der Waals surface area (Å²) < 4.78 is 72.9. The number of ether oxygens (including phenoxy) is 3. The number of hydrogen-bond acceptors (Lipinski definition) is 6. The van der Waals surface area contributed by atoms with Crippen LogP contribution in [0.2, 0.25) is 0 Å². The monoisotopic (exact) mass is 390 g/mol. The first kappa shape index (κ1) is 18.2. The van der Waals surface area contributed by atoms with Crippen molar-refractivity contribution in [3.05, 3.63) is 30.3 Å². The van der Waals surface area contributed by atoms with Crippen LogP contribution in [0, 0.1) is 0 Å². The summed E-state index contributed by atoms with van der Waals surface area (Å²) in [4.78, 5) is -0.141. The minimum Gasteiger partial charge on any atom is -0.389 e. The maximum Gasteiger partial charge on any atom is 0.308 e. The Bertz CT molecular complexity index is 842. The third-order valence-electron chi connectivity index (χ3n) is 5.72. The van der Waals surface area contributed by atoms with E-state index >= 15 is 8.78 Å². The molecule has 0 unspecified atom stereocenters. The van der Waals surface area contributed by atoms with Gasteiger partial charge in [0.05, 0.1) is 11.5 Å². The van der Waals surface area contributed by atoms with Crippen molar-refractivity contribution in [1.82, 2.24) is 0 Å². The molecule has 0 aromatic heterocycles. The number of hydrogen-bond donors (Lipinski definition) is 1. The fourth-order valence-corrected chi connectivity index (χ4v) is 6.32. The molecule has 4 rings (SSSR count). The summed E-state index contributed by atoms with van der Waals surface area (Å²) in [6.45, 7) is 3.72. The minimum absolute atomic E-state index is 0.141. The highest BCUT2D eigenvalue weighted by Gasteiger charge is 2.88. The van der Waals surface area contributed by atoms with E-state index in [1.165, 1.54) is 45.0 Å². The molecule has 2 bridgehead atoms. The number of aliphatic hydroxyl groups excluding tert-OH is 1. The lowest BCUT2D eigenvalue weighted by atomic mass is 9.71. The molecule has 5 atom stereocenters. The largest absolute Gasteiger partial charge is 0.389 e. The number of fused-ring (bicyclic) bond motifs is 3. The van der Waals surface area contributed by atoms with Crippen molar-refractivity contribution in [1.29, 1.82) is 0 Å². The molecule has 3 aliphatic heterocycles. The second kappa shape index (κ2) is 5.02. The molecule has 1 spiro atoms. The Morgan fingerprint density at radius 1 is 1.15 bits per heavy atom. The summed E-state index contributed by atoms with van der Waals surface area (Å²) in [7, 11) is -4.25. The zero-order valence-corrected chi connectivity index (χ0v) is 15.3. The third kappa shape index (κ3) is 1.95. The number of alkyl halides is 2. The molecular formula is C17H20F2O6S. The van der Waals surface area contributed by atoms with Crippen LogP contribution in [0.4, 0.5) is 8.78 Å². The SMILES string of the molecule is CC1(C)OC[C@@]2(O1)C(F)(F)[C@@H]1O[C@@]2(C)[C@H](O)[C@H]1S(=O)(=O)c1ccccc1. The minimum atomic E-state index is -4.25. The number of rotatable bonds is 2. The highest BCUT2D eigenvalue weighted by atomic mass is 32.2. The normalized spacial score (nSPS) is 43.2. The van der Waals surface area contributed by atoms with Crippen molar-refractivity contribution < 1.29 is 36.5 Å². The molecule has 0 radical (unpaired) electrons. The van der Waals surface area contributed by atoms with Crippen molar-refractivity contribution >= 4 is 9.84 Å². The third-order valence-corrected chi connectivity index (χ3v) is 7.87. The highest BCUT2D eigenvalue weighted by molar-refractivity contribution is 7.92. The second-order valence-corrected chi connectivity index (χ2v) is 9.76.